The Hall–Kier alpha value is -2.74. The van der Waals surface area contributed by atoms with Crippen LogP contribution in [0.5, 0.6) is 5.75 Å². The second kappa shape index (κ2) is 13.6. The van der Waals surface area contributed by atoms with Gasteiger partial charge in [0.2, 0.25) is 5.91 Å². The number of rotatable bonds is 12. The Morgan fingerprint density at radius 1 is 1.34 bits per heavy atom. The smallest absolute Gasteiger partial charge is 0.223 e. The highest BCUT2D eigenvalue weighted by molar-refractivity contribution is 5.79. The molecule has 0 spiro atoms. The molecule has 1 aromatic rings. The quantitative estimate of drug-likeness (QED) is 0.337. The third-order valence-corrected chi connectivity index (χ3v) is 5.68. The molecule has 0 aliphatic heterocycles. The van der Waals surface area contributed by atoms with Crippen molar-refractivity contribution in [3.8, 4) is 5.75 Å². The summed E-state index contributed by atoms with van der Waals surface area (Å²) in [7, 11) is 1.77. The van der Waals surface area contributed by atoms with Crippen molar-refractivity contribution in [3.63, 3.8) is 0 Å². The van der Waals surface area contributed by atoms with Crippen molar-refractivity contribution in [2.75, 3.05) is 20.3 Å². The van der Waals surface area contributed by atoms with Crippen molar-refractivity contribution < 1.29 is 23.8 Å². The van der Waals surface area contributed by atoms with Crippen LogP contribution in [0.4, 0.5) is 4.39 Å². The van der Waals surface area contributed by atoms with Gasteiger partial charge in [-0.3, -0.25) is 14.6 Å². The van der Waals surface area contributed by atoms with Crippen LogP contribution in [0.1, 0.15) is 55.8 Å². The summed E-state index contributed by atoms with van der Waals surface area (Å²) < 4.78 is 19.6. The van der Waals surface area contributed by atoms with E-state index in [9.17, 15) is 19.1 Å². The van der Waals surface area contributed by atoms with E-state index in [0.717, 1.165) is 43.9 Å². The summed E-state index contributed by atoms with van der Waals surface area (Å²) >= 11 is 0. The second-order valence-corrected chi connectivity index (χ2v) is 7.98. The van der Waals surface area contributed by atoms with E-state index in [2.05, 4.69) is 15.6 Å². The van der Waals surface area contributed by atoms with E-state index in [0.29, 0.717) is 19.3 Å². The fourth-order valence-corrected chi connectivity index (χ4v) is 3.80. The summed E-state index contributed by atoms with van der Waals surface area (Å²) in [5, 5.41) is 15.5. The van der Waals surface area contributed by atoms with Crippen molar-refractivity contribution >= 4 is 18.4 Å². The number of carbonyl (C=O) groups excluding carboxylic acids is 2. The second-order valence-electron chi connectivity index (χ2n) is 7.98. The molecule has 176 valence electrons. The molecule has 7 nitrogen and oxygen atoms in total. The number of carbonyl (C=O) groups is 2. The van der Waals surface area contributed by atoms with E-state index in [1.807, 2.05) is 6.92 Å². The van der Waals surface area contributed by atoms with Crippen molar-refractivity contribution in [2.45, 2.75) is 51.5 Å². The van der Waals surface area contributed by atoms with Crippen LogP contribution in [0.3, 0.4) is 0 Å². The zero-order valence-electron chi connectivity index (χ0n) is 18.9. The number of nitrogens with one attached hydrogen (secondary N) is 2. The minimum atomic E-state index is -0.547. The Morgan fingerprint density at radius 2 is 2.09 bits per heavy atom. The molecular weight excluding hydrogens is 413 g/mol. The maximum absolute atomic E-state index is 14.0. The van der Waals surface area contributed by atoms with Crippen LogP contribution in [-0.2, 0) is 4.79 Å². The average Bonchev–Trinajstić information content (AvgIpc) is 2.81. The van der Waals surface area contributed by atoms with Gasteiger partial charge in [-0.05, 0) is 62.6 Å². The number of aliphatic hydroxyl groups is 1. The molecule has 0 heterocycles. The van der Waals surface area contributed by atoms with Crippen LogP contribution in [0.25, 0.3) is 0 Å². The summed E-state index contributed by atoms with van der Waals surface area (Å²) in [6.07, 6.45) is 8.35. The Kier molecular flexibility index (Phi) is 10.9. The Morgan fingerprint density at radius 3 is 2.69 bits per heavy atom. The number of benzene rings is 1. The lowest BCUT2D eigenvalue weighted by atomic mass is 9.82. The lowest BCUT2D eigenvalue weighted by Crippen LogP contribution is -2.44. The predicted molar refractivity (Wildman–Crippen MR) is 122 cm³/mol. The number of amides is 1. The van der Waals surface area contributed by atoms with Gasteiger partial charge in [0.05, 0.1) is 18.3 Å². The van der Waals surface area contributed by atoms with Gasteiger partial charge in [-0.15, -0.1) is 0 Å². The van der Waals surface area contributed by atoms with Gasteiger partial charge < -0.3 is 20.5 Å². The Balaban J connectivity index is 1.85. The lowest BCUT2D eigenvalue weighted by molar-refractivity contribution is -0.126. The van der Waals surface area contributed by atoms with Gasteiger partial charge in [-0.1, -0.05) is 6.92 Å². The van der Waals surface area contributed by atoms with Gasteiger partial charge in [0.15, 0.2) is 11.6 Å². The van der Waals surface area contributed by atoms with Crippen molar-refractivity contribution in [1.29, 1.82) is 0 Å². The highest BCUT2D eigenvalue weighted by atomic mass is 19.1. The van der Waals surface area contributed by atoms with E-state index < -0.39 is 5.82 Å². The van der Waals surface area contributed by atoms with E-state index in [1.165, 1.54) is 12.1 Å². The molecule has 1 amide bonds. The average molecular weight is 448 g/mol. The summed E-state index contributed by atoms with van der Waals surface area (Å²) in [4.78, 5) is 27.8. The molecule has 1 atom stereocenters. The standard InChI is InChI=1S/C24H34FN3O4/c1-3-11-27-14-22(26-2)21(10-12-29)28-24(31)19-7-4-17(5-8-19)16-32-23-9-6-18(15-30)13-20(23)25/h6,9,11,13-15,17,19,21,26,29H,3-5,7-8,10,12,16H2,1-2H3,(H,28,31)/b22-14-,27-11?. The lowest BCUT2D eigenvalue weighted by Gasteiger charge is -2.29. The molecule has 1 aliphatic rings. The van der Waals surface area contributed by atoms with Crippen LogP contribution in [0.2, 0.25) is 0 Å². The molecule has 0 bridgehead atoms. The van der Waals surface area contributed by atoms with Crippen molar-refractivity contribution in [2.24, 2.45) is 16.8 Å². The van der Waals surface area contributed by atoms with Gasteiger partial charge in [-0.2, -0.15) is 0 Å². The van der Waals surface area contributed by atoms with Gasteiger partial charge in [-0.25, -0.2) is 4.39 Å². The maximum atomic E-state index is 14.0. The third kappa shape index (κ3) is 7.75. The summed E-state index contributed by atoms with van der Waals surface area (Å²) in [5.74, 6) is -0.297. The molecule has 0 radical (unpaired) electrons. The number of nitrogens with zero attached hydrogens (tertiary/aromatic N) is 1. The fraction of sp³-hybridized carbons (Fsp3) is 0.542. The molecule has 0 aromatic heterocycles. The first kappa shape index (κ1) is 25.5. The van der Waals surface area contributed by atoms with Gasteiger partial charge in [0.1, 0.15) is 6.29 Å². The molecular formula is C24H34FN3O4. The van der Waals surface area contributed by atoms with E-state index in [4.69, 9.17) is 4.74 Å². The van der Waals surface area contributed by atoms with E-state index in [-0.39, 0.29) is 41.7 Å². The fourth-order valence-electron chi connectivity index (χ4n) is 3.80. The normalized spacial score (nSPS) is 20.1. The molecule has 32 heavy (non-hydrogen) atoms. The zero-order valence-corrected chi connectivity index (χ0v) is 18.9. The Labute approximate surface area is 189 Å². The van der Waals surface area contributed by atoms with Crippen molar-refractivity contribution in [1.82, 2.24) is 10.6 Å². The number of ether oxygens (including phenoxy) is 1. The number of aliphatic imine (C=N–C) groups is 1. The number of aldehydes is 1. The number of hydrogen-bond donors (Lipinski definition) is 3. The van der Waals surface area contributed by atoms with E-state index >= 15 is 0 Å². The predicted octanol–water partition coefficient (Wildman–Crippen LogP) is 3.23. The number of hydrogen-bond acceptors (Lipinski definition) is 6. The van der Waals surface area contributed by atoms with Gasteiger partial charge in [0.25, 0.3) is 0 Å². The first-order valence-corrected chi connectivity index (χ1v) is 11.2. The monoisotopic (exact) mass is 447 g/mol. The van der Waals surface area contributed by atoms with Crippen LogP contribution in [0, 0.1) is 17.7 Å². The minimum Gasteiger partial charge on any atom is -0.490 e. The van der Waals surface area contributed by atoms with E-state index in [1.54, 1.807) is 19.5 Å². The van der Waals surface area contributed by atoms with Crippen LogP contribution < -0.4 is 15.4 Å². The van der Waals surface area contributed by atoms with Gasteiger partial charge >= 0.3 is 0 Å². The molecule has 1 unspecified atom stereocenters. The number of aliphatic hydroxyl groups excluding tert-OH is 1. The van der Waals surface area contributed by atoms with Crippen LogP contribution >= 0.6 is 0 Å². The molecule has 1 aliphatic carbocycles. The minimum absolute atomic E-state index is 0.0288. The van der Waals surface area contributed by atoms with Crippen molar-refractivity contribution in [3.05, 3.63) is 41.5 Å². The molecule has 8 heteroatoms. The highest BCUT2D eigenvalue weighted by Crippen LogP contribution is 2.30. The largest absolute Gasteiger partial charge is 0.490 e. The molecule has 0 saturated heterocycles. The summed E-state index contributed by atoms with van der Waals surface area (Å²) in [6, 6.07) is 3.83. The zero-order chi connectivity index (χ0) is 23.3. The molecule has 3 N–H and O–H groups in total. The summed E-state index contributed by atoms with van der Waals surface area (Å²) in [6.45, 7) is 2.32. The van der Waals surface area contributed by atoms with Crippen LogP contribution in [-0.4, -0.2) is 49.8 Å². The number of likely N-dealkylation sites (N-methyl/N-ethyl adjacent to an activating group) is 1. The maximum Gasteiger partial charge on any atom is 0.223 e. The molecule has 1 aromatic carbocycles. The third-order valence-electron chi connectivity index (χ3n) is 5.68. The van der Waals surface area contributed by atoms with Gasteiger partial charge in [0, 0.05) is 37.6 Å². The number of halogens is 1. The summed E-state index contributed by atoms with van der Waals surface area (Å²) in [5.41, 5.74) is 1.02. The molecule has 1 saturated carbocycles. The highest BCUT2D eigenvalue weighted by Gasteiger charge is 2.28. The van der Waals surface area contributed by atoms with Crippen LogP contribution in [0.15, 0.2) is 35.1 Å². The first-order chi connectivity index (χ1) is 15.5. The molecule has 1 fully saturated rings. The first-order valence-electron chi connectivity index (χ1n) is 11.2. The SMILES string of the molecule is CCC=N/C=C(\NC)C(CCO)NC(=O)C1CCC(COc2ccc(C=O)cc2F)CC1. The topological polar surface area (TPSA) is 100 Å². The molecule has 2 rings (SSSR count). The Bertz CT molecular complexity index is 804.